The number of aromatic nitrogens is 3. The van der Waals surface area contributed by atoms with Crippen molar-refractivity contribution in [2.45, 2.75) is 0 Å². The van der Waals surface area contributed by atoms with Crippen LogP contribution in [0.2, 0.25) is 0 Å². The minimum absolute atomic E-state index is 0.00577. The van der Waals surface area contributed by atoms with Gasteiger partial charge in [-0.05, 0) is 11.4 Å². The van der Waals surface area contributed by atoms with Crippen LogP contribution in [0.3, 0.4) is 0 Å². The largest absolute Gasteiger partial charge is 0.298 e. The normalized spacial score (nSPS) is 11.0. The second kappa shape index (κ2) is 5.69. The van der Waals surface area contributed by atoms with E-state index in [4.69, 9.17) is 0 Å². The Morgan fingerprint density at radius 1 is 1.22 bits per heavy atom. The number of hydrogen-bond acceptors (Lipinski definition) is 7. The highest BCUT2D eigenvalue weighted by atomic mass is 32.1. The Balaban J connectivity index is 1.62. The highest BCUT2D eigenvalue weighted by molar-refractivity contribution is 7.16. The Bertz CT molecular complexity index is 1050. The molecule has 0 aliphatic rings. The molecule has 0 aromatic carbocycles. The number of carbonyl (C=O) groups is 1. The molecule has 9 heteroatoms. The molecule has 114 valence electrons. The van der Waals surface area contributed by atoms with Crippen LogP contribution in [0, 0.1) is 0 Å². The fraction of sp³-hybridized carbons (Fsp3) is 0. The van der Waals surface area contributed by atoms with Crippen molar-refractivity contribution < 1.29 is 4.79 Å². The second-order valence-electron chi connectivity index (χ2n) is 4.50. The van der Waals surface area contributed by atoms with Crippen molar-refractivity contribution >= 4 is 50.0 Å². The molecule has 0 atom stereocenters. The summed E-state index contributed by atoms with van der Waals surface area (Å²) in [6, 6.07) is 3.91. The van der Waals surface area contributed by atoms with Gasteiger partial charge in [-0.2, -0.15) is 0 Å². The topological polar surface area (TPSA) is 76.4 Å². The van der Waals surface area contributed by atoms with Gasteiger partial charge < -0.3 is 0 Å². The van der Waals surface area contributed by atoms with Gasteiger partial charge >= 0.3 is 0 Å². The molecule has 4 rings (SSSR count). The number of fused-ring (bicyclic) bond motifs is 1. The molecule has 0 aliphatic carbocycles. The summed E-state index contributed by atoms with van der Waals surface area (Å²) in [5.41, 5.74) is 0.418. The van der Waals surface area contributed by atoms with Gasteiger partial charge in [0.2, 0.25) is 0 Å². The number of nitrogens with zero attached hydrogens (tertiary/aromatic N) is 3. The lowest BCUT2D eigenvalue weighted by atomic mass is 10.3. The molecular weight excluding hydrogens is 352 g/mol. The molecule has 4 heterocycles. The molecule has 0 unspecified atom stereocenters. The van der Waals surface area contributed by atoms with Crippen LogP contribution in [0.1, 0.15) is 10.4 Å². The van der Waals surface area contributed by atoms with E-state index >= 15 is 0 Å². The van der Waals surface area contributed by atoms with Gasteiger partial charge in [-0.1, -0.05) is 6.07 Å². The number of thiazole rings is 2. The molecule has 0 aliphatic heterocycles. The van der Waals surface area contributed by atoms with Crippen LogP contribution >= 0.6 is 34.0 Å². The smallest absolute Gasteiger partial charge is 0.271 e. The third-order valence-electron chi connectivity index (χ3n) is 3.09. The molecule has 23 heavy (non-hydrogen) atoms. The van der Waals surface area contributed by atoms with E-state index in [1.54, 1.807) is 22.9 Å². The molecule has 0 radical (unpaired) electrons. The summed E-state index contributed by atoms with van der Waals surface area (Å²) >= 11 is 4.24. The standard InChI is InChI=1S/C14H8N4O2S3/c19-11(8-6-15-14-18(12(8)20)3-5-22-14)17-13-16-9(7-23-13)10-2-1-4-21-10/h1-7H,(H,16,17,19). The van der Waals surface area contributed by atoms with Crippen LogP contribution in [-0.2, 0) is 0 Å². The molecule has 0 saturated heterocycles. The highest BCUT2D eigenvalue weighted by Crippen LogP contribution is 2.28. The van der Waals surface area contributed by atoms with Crippen molar-refractivity contribution in [2.75, 3.05) is 5.32 Å². The predicted octanol–water partition coefficient (Wildman–Crippen LogP) is 3.19. The molecule has 0 saturated carbocycles. The van der Waals surface area contributed by atoms with Crippen LogP contribution in [-0.4, -0.2) is 20.3 Å². The Labute approximate surface area is 141 Å². The monoisotopic (exact) mass is 360 g/mol. The zero-order chi connectivity index (χ0) is 15.8. The minimum Gasteiger partial charge on any atom is -0.298 e. The minimum atomic E-state index is -0.504. The van der Waals surface area contributed by atoms with Gasteiger partial charge in [0.1, 0.15) is 5.56 Å². The van der Waals surface area contributed by atoms with Crippen molar-refractivity contribution in [1.82, 2.24) is 14.4 Å². The van der Waals surface area contributed by atoms with Crippen molar-refractivity contribution in [2.24, 2.45) is 0 Å². The van der Waals surface area contributed by atoms with Gasteiger partial charge in [0.15, 0.2) is 10.1 Å². The zero-order valence-corrected chi connectivity index (χ0v) is 13.9. The molecule has 0 bridgehead atoms. The number of rotatable bonds is 3. The van der Waals surface area contributed by atoms with Crippen LogP contribution in [0.25, 0.3) is 15.5 Å². The van der Waals surface area contributed by atoms with E-state index in [1.807, 2.05) is 22.9 Å². The average molecular weight is 360 g/mol. The van der Waals surface area contributed by atoms with Crippen LogP contribution in [0.4, 0.5) is 5.13 Å². The van der Waals surface area contributed by atoms with Crippen molar-refractivity contribution in [1.29, 1.82) is 0 Å². The van der Waals surface area contributed by atoms with E-state index in [0.29, 0.717) is 10.1 Å². The number of anilines is 1. The summed E-state index contributed by atoms with van der Waals surface area (Å²) in [5.74, 6) is -0.504. The van der Waals surface area contributed by atoms with Crippen molar-refractivity contribution in [3.05, 3.63) is 56.6 Å². The SMILES string of the molecule is O=C(Nc1nc(-c2cccs2)cs1)c1cnc2sccn2c1=O. The van der Waals surface area contributed by atoms with Gasteiger partial charge in [-0.25, -0.2) is 9.97 Å². The number of thiophene rings is 1. The van der Waals surface area contributed by atoms with Crippen molar-refractivity contribution in [3.8, 4) is 10.6 Å². The van der Waals surface area contributed by atoms with Gasteiger partial charge in [0.05, 0.1) is 10.6 Å². The number of hydrogen-bond donors (Lipinski definition) is 1. The first-order valence-electron chi connectivity index (χ1n) is 6.48. The van der Waals surface area contributed by atoms with E-state index in [-0.39, 0.29) is 11.1 Å². The second-order valence-corrected chi connectivity index (χ2v) is 7.18. The summed E-state index contributed by atoms with van der Waals surface area (Å²) in [6.07, 6.45) is 2.90. The molecular formula is C14H8N4O2S3. The Morgan fingerprint density at radius 3 is 2.96 bits per heavy atom. The summed E-state index contributed by atoms with van der Waals surface area (Å²) in [4.78, 5) is 34.6. The molecule has 0 spiro atoms. The van der Waals surface area contributed by atoms with Crippen molar-refractivity contribution in [3.63, 3.8) is 0 Å². The Kier molecular flexibility index (Phi) is 3.52. The average Bonchev–Trinajstić information content (AvgIpc) is 3.28. The molecule has 4 aromatic heterocycles. The van der Waals surface area contributed by atoms with Gasteiger partial charge in [0, 0.05) is 23.2 Å². The first-order valence-corrected chi connectivity index (χ1v) is 9.12. The quantitative estimate of drug-likeness (QED) is 0.609. The van der Waals surface area contributed by atoms with E-state index in [0.717, 1.165) is 10.6 Å². The summed E-state index contributed by atoms with van der Waals surface area (Å²) < 4.78 is 1.36. The molecule has 1 amide bonds. The number of nitrogens with one attached hydrogen (secondary N) is 1. The van der Waals surface area contributed by atoms with Gasteiger partial charge in [-0.3, -0.25) is 19.3 Å². The fourth-order valence-corrected chi connectivity index (χ4v) is 4.16. The Morgan fingerprint density at radius 2 is 2.13 bits per heavy atom. The van der Waals surface area contributed by atoms with Gasteiger partial charge in [0.25, 0.3) is 11.5 Å². The maximum atomic E-state index is 12.3. The zero-order valence-electron chi connectivity index (χ0n) is 11.4. The highest BCUT2D eigenvalue weighted by Gasteiger charge is 2.15. The lowest BCUT2D eigenvalue weighted by Gasteiger charge is -2.01. The summed E-state index contributed by atoms with van der Waals surface area (Å²) in [7, 11) is 0. The summed E-state index contributed by atoms with van der Waals surface area (Å²) in [6.45, 7) is 0. The number of amides is 1. The number of carbonyl (C=O) groups excluding carboxylic acids is 1. The van der Waals surface area contributed by atoms with Crippen LogP contribution in [0.5, 0.6) is 0 Å². The predicted molar refractivity (Wildman–Crippen MR) is 92.7 cm³/mol. The third kappa shape index (κ3) is 2.58. The van der Waals surface area contributed by atoms with E-state index in [2.05, 4.69) is 15.3 Å². The fourth-order valence-electron chi connectivity index (χ4n) is 2.01. The maximum Gasteiger partial charge on any atom is 0.271 e. The first-order chi connectivity index (χ1) is 11.2. The summed E-state index contributed by atoms with van der Waals surface area (Å²) in [5, 5.41) is 8.70. The van der Waals surface area contributed by atoms with E-state index < -0.39 is 5.91 Å². The first kappa shape index (κ1) is 14.2. The maximum absolute atomic E-state index is 12.3. The molecule has 0 fully saturated rings. The van der Waals surface area contributed by atoms with Gasteiger partial charge in [-0.15, -0.1) is 34.0 Å². The van der Waals surface area contributed by atoms with Crippen LogP contribution < -0.4 is 10.9 Å². The Hall–Kier alpha value is -2.36. The molecule has 1 N–H and O–H groups in total. The lowest BCUT2D eigenvalue weighted by molar-refractivity contribution is 0.102. The molecule has 6 nitrogen and oxygen atoms in total. The van der Waals surface area contributed by atoms with E-state index in [9.17, 15) is 9.59 Å². The third-order valence-corrected chi connectivity index (χ3v) is 5.51. The van der Waals surface area contributed by atoms with E-state index in [1.165, 1.54) is 33.3 Å². The lowest BCUT2D eigenvalue weighted by Crippen LogP contribution is -2.25. The van der Waals surface area contributed by atoms with Crippen LogP contribution in [0.15, 0.2) is 45.5 Å². The molecule has 4 aromatic rings.